The van der Waals surface area contributed by atoms with Crippen LogP contribution >= 0.6 is 0 Å². The summed E-state index contributed by atoms with van der Waals surface area (Å²) < 4.78 is 0. The van der Waals surface area contributed by atoms with Crippen LogP contribution in [0.3, 0.4) is 0 Å². The molecule has 0 heterocycles. The summed E-state index contributed by atoms with van der Waals surface area (Å²) in [6.45, 7) is 6.93. The van der Waals surface area contributed by atoms with Gasteiger partial charge in [0.2, 0.25) is 0 Å². The highest BCUT2D eigenvalue weighted by Gasteiger charge is 2.47. The van der Waals surface area contributed by atoms with E-state index in [9.17, 15) is 0 Å². The van der Waals surface area contributed by atoms with E-state index in [4.69, 9.17) is 0 Å². The fourth-order valence-electron chi connectivity index (χ4n) is 5.23. The van der Waals surface area contributed by atoms with Crippen molar-refractivity contribution in [1.82, 2.24) is 0 Å². The maximum absolute atomic E-state index is 2.51. The molecule has 0 radical (unpaired) electrons. The van der Waals surface area contributed by atoms with E-state index in [0.29, 0.717) is 0 Å². The molecule has 0 N–H and O–H groups in total. The van der Waals surface area contributed by atoms with Crippen LogP contribution in [0.2, 0.25) is 0 Å². The number of hydrogen-bond acceptors (Lipinski definition) is 0. The van der Waals surface area contributed by atoms with Gasteiger partial charge in [0.05, 0.1) is 0 Å². The van der Waals surface area contributed by atoms with E-state index in [2.05, 4.69) is 45.1 Å². The smallest absolute Gasteiger partial charge is 0.0194 e. The van der Waals surface area contributed by atoms with E-state index in [0.717, 1.165) is 29.6 Å². The van der Waals surface area contributed by atoms with Crippen molar-refractivity contribution in [3.05, 3.63) is 24.3 Å². The third-order valence-corrected chi connectivity index (χ3v) is 6.42. The van der Waals surface area contributed by atoms with Crippen LogP contribution in [0, 0.1) is 29.6 Å². The summed E-state index contributed by atoms with van der Waals surface area (Å²) >= 11 is 0. The summed E-state index contributed by atoms with van der Waals surface area (Å²) in [5.41, 5.74) is 0. The Morgan fingerprint density at radius 3 is 2.43 bits per heavy atom. The first-order valence-electron chi connectivity index (χ1n) is 10.6. The van der Waals surface area contributed by atoms with Crippen molar-refractivity contribution in [2.75, 3.05) is 0 Å². The summed E-state index contributed by atoms with van der Waals surface area (Å²) in [5.74, 6) is 5.15. The maximum Gasteiger partial charge on any atom is -0.0194 e. The van der Waals surface area contributed by atoms with Crippen LogP contribution in [0.15, 0.2) is 24.3 Å². The number of unbranched alkanes of at least 4 members (excludes halogenated alkanes) is 5. The first kappa shape index (κ1) is 18.8. The van der Waals surface area contributed by atoms with Gasteiger partial charge in [-0.05, 0) is 61.7 Å². The van der Waals surface area contributed by atoms with Gasteiger partial charge >= 0.3 is 0 Å². The molecule has 2 saturated carbocycles. The van der Waals surface area contributed by atoms with Crippen molar-refractivity contribution in [3.63, 3.8) is 0 Å². The molecule has 132 valence electrons. The number of rotatable bonds is 7. The van der Waals surface area contributed by atoms with Crippen LogP contribution in [-0.4, -0.2) is 0 Å². The Hall–Kier alpha value is -0.520. The van der Waals surface area contributed by atoms with Crippen LogP contribution < -0.4 is 0 Å². The zero-order chi connectivity index (χ0) is 16.5. The second kappa shape index (κ2) is 10.4. The predicted molar refractivity (Wildman–Crippen MR) is 104 cm³/mol. The standard InChI is InChI=1S/C12H18.C11H22/c1-8-3-2-4-11-9-5-6-10(7-9)12(8)11;1-3-5-7-9-11-10-8-6-4-2/h5-6,8-12H,2-4,7H2,1H3;5,7H,3-4,6,8-11H2,1-2H3. The van der Waals surface area contributed by atoms with E-state index in [1.807, 2.05) is 0 Å². The van der Waals surface area contributed by atoms with Crippen molar-refractivity contribution in [2.45, 2.75) is 91.4 Å². The third-order valence-electron chi connectivity index (χ3n) is 6.42. The zero-order valence-electron chi connectivity index (χ0n) is 16.0. The lowest BCUT2D eigenvalue weighted by Gasteiger charge is -2.37. The highest BCUT2D eigenvalue weighted by atomic mass is 14.5. The quantitative estimate of drug-likeness (QED) is 0.336. The summed E-state index contributed by atoms with van der Waals surface area (Å²) in [6.07, 6.45) is 25.1. The van der Waals surface area contributed by atoms with Crippen molar-refractivity contribution in [3.8, 4) is 0 Å². The van der Waals surface area contributed by atoms with Gasteiger partial charge < -0.3 is 0 Å². The molecule has 0 saturated heterocycles. The fourth-order valence-corrected chi connectivity index (χ4v) is 5.23. The van der Waals surface area contributed by atoms with Crippen LogP contribution in [0.4, 0.5) is 0 Å². The van der Waals surface area contributed by atoms with E-state index in [-0.39, 0.29) is 0 Å². The average Bonchev–Trinajstić information content (AvgIpc) is 3.17. The first-order chi connectivity index (χ1) is 11.3. The molecular weight excluding hydrogens is 276 g/mol. The van der Waals surface area contributed by atoms with Gasteiger partial charge in [-0.3, -0.25) is 0 Å². The molecule has 0 nitrogen and oxygen atoms in total. The molecule has 0 amide bonds. The molecule has 0 heteroatoms. The molecule has 3 aliphatic rings. The molecule has 5 unspecified atom stereocenters. The highest BCUT2D eigenvalue weighted by Crippen LogP contribution is 2.55. The Balaban J connectivity index is 0.000000168. The van der Waals surface area contributed by atoms with Crippen molar-refractivity contribution in [2.24, 2.45) is 29.6 Å². The second-order valence-electron chi connectivity index (χ2n) is 8.18. The number of allylic oxidation sites excluding steroid dienone is 4. The number of fused-ring (bicyclic) bond motifs is 5. The van der Waals surface area contributed by atoms with Crippen LogP contribution in [0.1, 0.15) is 91.4 Å². The van der Waals surface area contributed by atoms with Crippen LogP contribution in [0.25, 0.3) is 0 Å². The van der Waals surface area contributed by atoms with E-state index >= 15 is 0 Å². The van der Waals surface area contributed by atoms with Gasteiger partial charge in [0.1, 0.15) is 0 Å². The lowest BCUT2D eigenvalue weighted by molar-refractivity contribution is 0.152. The molecule has 5 atom stereocenters. The minimum absolute atomic E-state index is 0.982. The van der Waals surface area contributed by atoms with Gasteiger partial charge in [0, 0.05) is 0 Å². The summed E-state index contributed by atoms with van der Waals surface area (Å²) in [7, 11) is 0. The van der Waals surface area contributed by atoms with Gasteiger partial charge in [0.15, 0.2) is 0 Å². The van der Waals surface area contributed by atoms with Crippen molar-refractivity contribution >= 4 is 0 Å². The highest BCUT2D eigenvalue weighted by molar-refractivity contribution is 5.14. The third kappa shape index (κ3) is 5.50. The van der Waals surface area contributed by atoms with Gasteiger partial charge in [-0.15, -0.1) is 0 Å². The fraction of sp³-hybridized carbons (Fsp3) is 0.826. The molecule has 0 spiro atoms. The Morgan fingerprint density at radius 2 is 1.70 bits per heavy atom. The lowest BCUT2D eigenvalue weighted by Crippen LogP contribution is -2.29. The molecule has 2 bridgehead atoms. The molecule has 3 rings (SSSR count). The summed E-state index contributed by atoms with van der Waals surface area (Å²) in [6, 6.07) is 0. The van der Waals surface area contributed by atoms with Gasteiger partial charge in [-0.2, -0.15) is 0 Å². The van der Waals surface area contributed by atoms with E-state index < -0.39 is 0 Å². The molecule has 0 aliphatic heterocycles. The Labute approximate surface area is 145 Å². The largest absolute Gasteiger partial charge is 0.0888 e. The number of hydrogen-bond donors (Lipinski definition) is 0. The Bertz CT molecular complexity index is 364. The normalized spacial score (nSPS) is 34.5. The Morgan fingerprint density at radius 1 is 0.913 bits per heavy atom. The predicted octanol–water partition coefficient (Wildman–Crippen LogP) is 7.56. The monoisotopic (exact) mass is 316 g/mol. The average molecular weight is 317 g/mol. The lowest BCUT2D eigenvalue weighted by atomic mass is 9.68. The zero-order valence-corrected chi connectivity index (χ0v) is 16.0. The maximum atomic E-state index is 2.51. The SMILES string of the molecule is CC1CCCC2C3C=CC(C3)C12.CCC=CCCCCCCC. The van der Waals surface area contributed by atoms with Crippen LogP contribution in [0.5, 0.6) is 0 Å². The molecule has 2 fully saturated rings. The summed E-state index contributed by atoms with van der Waals surface area (Å²) in [5, 5.41) is 0. The molecule has 0 aromatic rings. The topological polar surface area (TPSA) is 0 Å². The van der Waals surface area contributed by atoms with Crippen LogP contribution in [-0.2, 0) is 0 Å². The molecule has 3 aliphatic carbocycles. The summed E-state index contributed by atoms with van der Waals surface area (Å²) in [4.78, 5) is 0. The molecular formula is C23H40. The minimum Gasteiger partial charge on any atom is -0.0888 e. The van der Waals surface area contributed by atoms with Gasteiger partial charge in [-0.25, -0.2) is 0 Å². The first-order valence-corrected chi connectivity index (χ1v) is 10.6. The Kier molecular flexibility index (Phi) is 8.48. The van der Waals surface area contributed by atoms with Crippen molar-refractivity contribution in [1.29, 1.82) is 0 Å². The molecule has 0 aromatic heterocycles. The van der Waals surface area contributed by atoms with Crippen molar-refractivity contribution < 1.29 is 0 Å². The van der Waals surface area contributed by atoms with Gasteiger partial charge in [0.25, 0.3) is 0 Å². The van der Waals surface area contributed by atoms with E-state index in [1.165, 1.54) is 70.6 Å². The minimum atomic E-state index is 0.982. The molecule has 23 heavy (non-hydrogen) atoms. The van der Waals surface area contributed by atoms with Gasteiger partial charge in [-0.1, -0.05) is 83.6 Å². The van der Waals surface area contributed by atoms with E-state index in [1.54, 1.807) is 0 Å². The second-order valence-corrected chi connectivity index (χ2v) is 8.18. The molecule has 0 aromatic carbocycles.